The lowest BCUT2D eigenvalue weighted by atomic mass is 9.98. The van der Waals surface area contributed by atoms with Crippen molar-refractivity contribution in [1.82, 2.24) is 4.98 Å². The molecule has 1 aromatic heterocycles. The Balaban J connectivity index is 1.95. The minimum absolute atomic E-state index is 0.158. The summed E-state index contributed by atoms with van der Waals surface area (Å²) in [5, 5.41) is 3.42. The van der Waals surface area contributed by atoms with Crippen LogP contribution in [-0.2, 0) is 11.8 Å². The summed E-state index contributed by atoms with van der Waals surface area (Å²) in [6.07, 6.45) is 4.54. The minimum Gasteiger partial charge on any atom is -0.325 e. The molecule has 0 unspecified atom stereocenters. The highest BCUT2D eigenvalue weighted by Crippen LogP contribution is 2.36. The lowest BCUT2D eigenvalue weighted by Gasteiger charge is -2.13. The van der Waals surface area contributed by atoms with Crippen LogP contribution in [0, 0.1) is 0 Å². The van der Waals surface area contributed by atoms with Gasteiger partial charge in [-0.2, -0.15) is 0 Å². The van der Waals surface area contributed by atoms with Crippen molar-refractivity contribution in [2.24, 2.45) is 5.73 Å². The van der Waals surface area contributed by atoms with E-state index in [0.29, 0.717) is 0 Å². The second-order valence-corrected chi connectivity index (χ2v) is 6.61. The first-order valence-corrected chi connectivity index (χ1v) is 6.51. The molecule has 0 amide bonds. The Hall–Kier alpha value is -0.410. The number of hydrogen-bond donors (Lipinski definition) is 1. The molecule has 2 N–H and O–H groups in total. The molecule has 1 aromatic rings. The molecule has 1 heterocycles. The first-order chi connectivity index (χ1) is 6.89. The van der Waals surface area contributed by atoms with E-state index in [0.717, 1.165) is 12.8 Å². The van der Waals surface area contributed by atoms with Crippen molar-refractivity contribution in [2.45, 2.75) is 57.4 Å². The molecule has 1 aliphatic carbocycles. The summed E-state index contributed by atoms with van der Waals surface area (Å²) in [4.78, 5) is 4.68. The van der Waals surface area contributed by atoms with Crippen molar-refractivity contribution in [3.05, 3.63) is 16.1 Å². The van der Waals surface area contributed by atoms with Gasteiger partial charge in [0.1, 0.15) is 0 Å². The van der Waals surface area contributed by atoms with Gasteiger partial charge in [0.15, 0.2) is 0 Å². The third-order valence-corrected chi connectivity index (χ3v) is 4.28. The van der Waals surface area contributed by atoms with Crippen molar-refractivity contribution >= 4 is 11.3 Å². The Kier molecular flexibility index (Phi) is 2.63. The fraction of sp³-hybridized carbons (Fsp3) is 0.750. The van der Waals surface area contributed by atoms with Crippen LogP contribution in [-0.4, -0.2) is 10.5 Å². The molecule has 2 rings (SSSR count). The summed E-state index contributed by atoms with van der Waals surface area (Å²) < 4.78 is 0. The summed E-state index contributed by atoms with van der Waals surface area (Å²) in [6, 6.07) is 0. The maximum Gasteiger partial charge on any atom is 0.0981 e. The molecular weight excluding hydrogens is 204 g/mol. The molecule has 1 fully saturated rings. The Labute approximate surface area is 95.9 Å². The Bertz CT molecular complexity index is 345. The lowest BCUT2D eigenvalue weighted by Crippen LogP contribution is -2.22. The standard InChI is InChI=1S/C12H20N2S/c1-11(2,3)10-14-9(8-15-10)4-5-12(13)6-7-12/h8H,4-7,13H2,1-3H3. The SMILES string of the molecule is CC(C)(C)c1nc(CCC2(N)CC2)cs1. The third kappa shape index (κ3) is 2.79. The zero-order valence-corrected chi connectivity index (χ0v) is 10.7. The van der Waals surface area contributed by atoms with E-state index in [1.54, 1.807) is 11.3 Å². The summed E-state index contributed by atoms with van der Waals surface area (Å²) in [5.41, 5.74) is 7.63. The van der Waals surface area contributed by atoms with E-state index in [9.17, 15) is 0 Å². The van der Waals surface area contributed by atoms with Crippen LogP contribution in [0.15, 0.2) is 5.38 Å². The van der Waals surface area contributed by atoms with Crippen LogP contribution in [0.2, 0.25) is 0 Å². The highest BCUT2D eigenvalue weighted by Gasteiger charge is 2.37. The second kappa shape index (κ2) is 3.56. The van der Waals surface area contributed by atoms with Crippen LogP contribution >= 0.6 is 11.3 Å². The smallest absolute Gasteiger partial charge is 0.0981 e. The van der Waals surface area contributed by atoms with E-state index in [2.05, 4.69) is 31.1 Å². The molecule has 0 spiro atoms. The fourth-order valence-electron chi connectivity index (χ4n) is 1.55. The zero-order valence-electron chi connectivity index (χ0n) is 9.84. The van der Waals surface area contributed by atoms with Crippen LogP contribution in [0.4, 0.5) is 0 Å². The Morgan fingerprint density at radius 1 is 1.47 bits per heavy atom. The fourth-order valence-corrected chi connectivity index (χ4v) is 2.50. The highest BCUT2D eigenvalue weighted by molar-refractivity contribution is 7.09. The van der Waals surface area contributed by atoms with E-state index in [-0.39, 0.29) is 11.0 Å². The highest BCUT2D eigenvalue weighted by atomic mass is 32.1. The van der Waals surface area contributed by atoms with Gasteiger partial charge in [0.05, 0.1) is 10.7 Å². The van der Waals surface area contributed by atoms with Gasteiger partial charge in [-0.25, -0.2) is 4.98 Å². The molecule has 0 aliphatic heterocycles. The van der Waals surface area contributed by atoms with Crippen LogP contribution in [0.3, 0.4) is 0 Å². The van der Waals surface area contributed by atoms with Crippen molar-refractivity contribution in [3.63, 3.8) is 0 Å². The average Bonchev–Trinajstić information content (AvgIpc) is 2.66. The summed E-state index contributed by atoms with van der Waals surface area (Å²) in [6.45, 7) is 6.63. The van der Waals surface area contributed by atoms with Gasteiger partial charge in [-0.1, -0.05) is 20.8 Å². The molecule has 1 aliphatic rings. The van der Waals surface area contributed by atoms with Gasteiger partial charge in [-0.05, 0) is 25.7 Å². The normalized spacial score (nSPS) is 19.2. The molecule has 84 valence electrons. The molecule has 1 saturated carbocycles. The zero-order chi connectivity index (χ0) is 11.1. The summed E-state index contributed by atoms with van der Waals surface area (Å²) in [5.74, 6) is 0. The molecule has 2 nitrogen and oxygen atoms in total. The lowest BCUT2D eigenvalue weighted by molar-refractivity contribution is 0.574. The molecule has 0 radical (unpaired) electrons. The first kappa shape index (κ1) is 11.1. The number of rotatable bonds is 3. The van der Waals surface area contributed by atoms with Gasteiger partial charge in [0.25, 0.3) is 0 Å². The first-order valence-electron chi connectivity index (χ1n) is 5.63. The van der Waals surface area contributed by atoms with Gasteiger partial charge in [-0.15, -0.1) is 11.3 Å². The van der Waals surface area contributed by atoms with Crippen molar-refractivity contribution in [3.8, 4) is 0 Å². The predicted octanol–water partition coefficient (Wildman–Crippen LogP) is 2.86. The average molecular weight is 224 g/mol. The second-order valence-electron chi connectivity index (χ2n) is 5.76. The van der Waals surface area contributed by atoms with Crippen molar-refractivity contribution < 1.29 is 0 Å². The molecule has 0 bridgehead atoms. The van der Waals surface area contributed by atoms with Gasteiger partial charge < -0.3 is 5.73 Å². The molecule has 15 heavy (non-hydrogen) atoms. The molecule has 0 atom stereocenters. The largest absolute Gasteiger partial charge is 0.325 e. The van der Waals surface area contributed by atoms with Crippen molar-refractivity contribution in [2.75, 3.05) is 0 Å². The monoisotopic (exact) mass is 224 g/mol. The number of thiazole rings is 1. The third-order valence-electron chi connectivity index (χ3n) is 2.96. The van der Waals surface area contributed by atoms with Crippen LogP contribution in [0.5, 0.6) is 0 Å². The van der Waals surface area contributed by atoms with Crippen molar-refractivity contribution in [1.29, 1.82) is 0 Å². The Morgan fingerprint density at radius 3 is 2.60 bits per heavy atom. The number of nitrogens with zero attached hydrogens (tertiary/aromatic N) is 1. The number of aryl methyl sites for hydroxylation is 1. The summed E-state index contributed by atoms with van der Waals surface area (Å²) in [7, 11) is 0. The van der Waals surface area contributed by atoms with E-state index in [1.165, 1.54) is 23.5 Å². The maximum absolute atomic E-state index is 6.06. The molecule has 3 heteroatoms. The number of nitrogens with two attached hydrogens (primary N) is 1. The van der Waals surface area contributed by atoms with E-state index in [4.69, 9.17) is 5.73 Å². The van der Waals surface area contributed by atoms with Crippen LogP contribution in [0.1, 0.15) is 50.7 Å². The van der Waals surface area contributed by atoms with Gasteiger partial charge in [-0.3, -0.25) is 0 Å². The maximum atomic E-state index is 6.06. The minimum atomic E-state index is 0.158. The van der Waals surface area contributed by atoms with Gasteiger partial charge in [0.2, 0.25) is 0 Å². The molecular formula is C12H20N2S. The van der Waals surface area contributed by atoms with E-state index in [1.807, 2.05) is 0 Å². The molecule has 0 saturated heterocycles. The van der Waals surface area contributed by atoms with Crippen LogP contribution < -0.4 is 5.73 Å². The quantitative estimate of drug-likeness (QED) is 0.857. The van der Waals surface area contributed by atoms with E-state index < -0.39 is 0 Å². The molecule has 0 aromatic carbocycles. The van der Waals surface area contributed by atoms with Crippen LogP contribution in [0.25, 0.3) is 0 Å². The van der Waals surface area contributed by atoms with E-state index >= 15 is 0 Å². The Morgan fingerprint density at radius 2 is 2.13 bits per heavy atom. The number of aromatic nitrogens is 1. The summed E-state index contributed by atoms with van der Waals surface area (Å²) >= 11 is 1.78. The van der Waals surface area contributed by atoms with Gasteiger partial charge >= 0.3 is 0 Å². The number of hydrogen-bond acceptors (Lipinski definition) is 3. The van der Waals surface area contributed by atoms with Gasteiger partial charge in [0, 0.05) is 16.3 Å². The topological polar surface area (TPSA) is 38.9 Å². The predicted molar refractivity (Wildman–Crippen MR) is 65.3 cm³/mol.